The SMILES string of the molecule is CNc1nc2ccc3scnc3c2s1. The highest BCUT2D eigenvalue weighted by Gasteiger charge is 2.07. The molecule has 1 N–H and O–H groups in total. The van der Waals surface area contributed by atoms with E-state index in [0.717, 1.165) is 16.2 Å². The first-order valence-electron chi connectivity index (χ1n) is 4.19. The molecule has 0 amide bonds. The molecule has 0 aliphatic carbocycles. The second-order valence-corrected chi connectivity index (χ2v) is 4.77. The van der Waals surface area contributed by atoms with Gasteiger partial charge in [-0.1, -0.05) is 11.3 Å². The fourth-order valence-electron chi connectivity index (χ4n) is 1.42. The summed E-state index contributed by atoms with van der Waals surface area (Å²) in [5.41, 5.74) is 3.98. The number of hydrogen-bond acceptors (Lipinski definition) is 5. The maximum absolute atomic E-state index is 4.43. The first kappa shape index (κ1) is 8.14. The van der Waals surface area contributed by atoms with Crippen LogP contribution in [-0.2, 0) is 0 Å². The number of anilines is 1. The standard InChI is InChI=1S/C9H7N3S2/c1-10-9-12-5-2-3-6-7(8(5)14-9)11-4-13-6/h2-4H,1H3,(H,10,12). The van der Waals surface area contributed by atoms with Crippen molar-refractivity contribution < 1.29 is 0 Å². The van der Waals surface area contributed by atoms with Crippen molar-refractivity contribution in [1.82, 2.24) is 9.97 Å². The summed E-state index contributed by atoms with van der Waals surface area (Å²) in [6.07, 6.45) is 0. The molecule has 0 fully saturated rings. The Morgan fingerprint density at radius 1 is 1.36 bits per heavy atom. The minimum absolute atomic E-state index is 0.945. The lowest BCUT2D eigenvalue weighted by atomic mass is 10.3. The third-order valence-electron chi connectivity index (χ3n) is 2.07. The monoisotopic (exact) mass is 221 g/mol. The topological polar surface area (TPSA) is 37.8 Å². The molecule has 2 aromatic heterocycles. The van der Waals surface area contributed by atoms with Crippen molar-refractivity contribution in [2.45, 2.75) is 0 Å². The Morgan fingerprint density at radius 2 is 2.29 bits per heavy atom. The first-order valence-corrected chi connectivity index (χ1v) is 5.88. The molecule has 3 rings (SSSR count). The Bertz CT molecular complexity index is 596. The summed E-state index contributed by atoms with van der Waals surface area (Å²) < 4.78 is 2.40. The van der Waals surface area contributed by atoms with Crippen LogP contribution in [0.1, 0.15) is 0 Å². The van der Waals surface area contributed by atoms with Crippen LogP contribution in [0.25, 0.3) is 20.4 Å². The normalized spacial score (nSPS) is 11.2. The van der Waals surface area contributed by atoms with Crippen molar-refractivity contribution in [2.24, 2.45) is 0 Å². The van der Waals surface area contributed by atoms with Crippen LogP contribution in [0.3, 0.4) is 0 Å². The average molecular weight is 221 g/mol. The van der Waals surface area contributed by atoms with Crippen LogP contribution in [0.2, 0.25) is 0 Å². The van der Waals surface area contributed by atoms with E-state index in [1.54, 1.807) is 22.7 Å². The molecule has 0 atom stereocenters. The van der Waals surface area contributed by atoms with Gasteiger partial charge in [-0.15, -0.1) is 11.3 Å². The highest BCUT2D eigenvalue weighted by atomic mass is 32.1. The molecule has 0 saturated carbocycles. The maximum Gasteiger partial charge on any atom is 0.183 e. The lowest BCUT2D eigenvalue weighted by Crippen LogP contribution is -1.83. The highest BCUT2D eigenvalue weighted by Crippen LogP contribution is 2.32. The molecule has 14 heavy (non-hydrogen) atoms. The summed E-state index contributed by atoms with van der Waals surface area (Å²) in [6.45, 7) is 0. The van der Waals surface area contributed by atoms with Gasteiger partial charge in [0.1, 0.15) is 5.52 Å². The third kappa shape index (κ3) is 1.03. The number of fused-ring (bicyclic) bond motifs is 3. The van der Waals surface area contributed by atoms with E-state index in [-0.39, 0.29) is 0 Å². The Labute approximate surface area is 88.4 Å². The summed E-state index contributed by atoms with van der Waals surface area (Å²) in [4.78, 5) is 8.79. The molecule has 0 saturated heterocycles. The minimum atomic E-state index is 0.945. The van der Waals surface area contributed by atoms with Crippen LogP contribution in [0, 0.1) is 0 Å². The van der Waals surface area contributed by atoms with Crippen molar-refractivity contribution in [3.05, 3.63) is 17.6 Å². The van der Waals surface area contributed by atoms with Crippen LogP contribution < -0.4 is 5.32 Å². The van der Waals surface area contributed by atoms with Crippen molar-refractivity contribution in [3.8, 4) is 0 Å². The number of nitrogens with one attached hydrogen (secondary N) is 1. The molecule has 5 heteroatoms. The molecule has 70 valence electrons. The number of benzene rings is 1. The lowest BCUT2D eigenvalue weighted by Gasteiger charge is -1.87. The Balaban J connectivity index is 2.49. The predicted molar refractivity (Wildman–Crippen MR) is 62.3 cm³/mol. The molecule has 0 aliphatic rings. The third-order valence-corrected chi connectivity index (χ3v) is 3.96. The molecular formula is C9H7N3S2. The Kier molecular flexibility index (Phi) is 1.68. The molecule has 0 radical (unpaired) electrons. The quantitative estimate of drug-likeness (QED) is 0.686. The van der Waals surface area contributed by atoms with Gasteiger partial charge in [-0.25, -0.2) is 9.97 Å². The molecular weight excluding hydrogens is 214 g/mol. The molecule has 0 bridgehead atoms. The molecule has 0 unspecified atom stereocenters. The van der Waals surface area contributed by atoms with E-state index in [1.165, 1.54) is 9.40 Å². The van der Waals surface area contributed by atoms with Gasteiger partial charge in [0.2, 0.25) is 0 Å². The number of nitrogens with zero attached hydrogens (tertiary/aromatic N) is 2. The zero-order valence-electron chi connectivity index (χ0n) is 7.44. The first-order chi connectivity index (χ1) is 6.88. The van der Waals surface area contributed by atoms with E-state index < -0.39 is 0 Å². The number of thiazole rings is 2. The van der Waals surface area contributed by atoms with Gasteiger partial charge < -0.3 is 5.32 Å². The summed E-state index contributed by atoms with van der Waals surface area (Å²) in [5, 5.41) is 4.00. The second kappa shape index (κ2) is 2.90. The smallest absolute Gasteiger partial charge is 0.183 e. The molecule has 0 spiro atoms. The second-order valence-electron chi connectivity index (χ2n) is 2.88. The number of aromatic nitrogens is 2. The fourth-order valence-corrected chi connectivity index (χ4v) is 3.09. The van der Waals surface area contributed by atoms with Crippen LogP contribution in [-0.4, -0.2) is 17.0 Å². The highest BCUT2D eigenvalue weighted by molar-refractivity contribution is 7.24. The molecule has 3 aromatic rings. The fraction of sp³-hybridized carbons (Fsp3) is 0.111. The van der Waals surface area contributed by atoms with Gasteiger partial charge in [0.05, 0.1) is 20.4 Å². The predicted octanol–water partition coefficient (Wildman–Crippen LogP) is 2.95. The van der Waals surface area contributed by atoms with E-state index >= 15 is 0 Å². The minimum Gasteiger partial charge on any atom is -0.365 e. The summed E-state index contributed by atoms with van der Waals surface area (Å²) in [7, 11) is 1.88. The summed E-state index contributed by atoms with van der Waals surface area (Å²) >= 11 is 3.32. The van der Waals surface area contributed by atoms with Crippen LogP contribution in [0.15, 0.2) is 17.6 Å². The Hall–Kier alpha value is -1.20. The number of hydrogen-bond donors (Lipinski definition) is 1. The van der Waals surface area contributed by atoms with Gasteiger partial charge in [-0.3, -0.25) is 0 Å². The van der Waals surface area contributed by atoms with E-state index in [9.17, 15) is 0 Å². The van der Waals surface area contributed by atoms with E-state index in [2.05, 4.69) is 21.4 Å². The largest absolute Gasteiger partial charge is 0.365 e. The van der Waals surface area contributed by atoms with Crippen molar-refractivity contribution >= 4 is 48.2 Å². The average Bonchev–Trinajstić information content (AvgIpc) is 2.82. The van der Waals surface area contributed by atoms with Crippen LogP contribution >= 0.6 is 22.7 Å². The zero-order valence-corrected chi connectivity index (χ0v) is 9.08. The molecule has 1 aromatic carbocycles. The molecule has 3 nitrogen and oxygen atoms in total. The Morgan fingerprint density at radius 3 is 3.14 bits per heavy atom. The zero-order chi connectivity index (χ0) is 9.54. The van der Waals surface area contributed by atoms with Gasteiger partial charge in [0, 0.05) is 7.05 Å². The van der Waals surface area contributed by atoms with E-state index in [4.69, 9.17) is 0 Å². The lowest BCUT2D eigenvalue weighted by molar-refractivity contribution is 1.41. The van der Waals surface area contributed by atoms with Crippen molar-refractivity contribution in [3.63, 3.8) is 0 Å². The molecule has 2 heterocycles. The van der Waals surface area contributed by atoms with Crippen molar-refractivity contribution in [2.75, 3.05) is 12.4 Å². The van der Waals surface area contributed by atoms with E-state index in [1.807, 2.05) is 18.6 Å². The van der Waals surface area contributed by atoms with Gasteiger partial charge in [0.15, 0.2) is 5.13 Å². The van der Waals surface area contributed by atoms with Gasteiger partial charge in [-0.2, -0.15) is 0 Å². The maximum atomic E-state index is 4.43. The van der Waals surface area contributed by atoms with Crippen molar-refractivity contribution in [1.29, 1.82) is 0 Å². The van der Waals surface area contributed by atoms with Crippen LogP contribution in [0.5, 0.6) is 0 Å². The van der Waals surface area contributed by atoms with Gasteiger partial charge in [-0.05, 0) is 12.1 Å². The summed E-state index contributed by atoms with van der Waals surface area (Å²) in [6, 6.07) is 4.13. The van der Waals surface area contributed by atoms with Gasteiger partial charge in [0.25, 0.3) is 0 Å². The number of rotatable bonds is 1. The summed E-state index contributed by atoms with van der Waals surface area (Å²) in [5.74, 6) is 0. The van der Waals surface area contributed by atoms with E-state index in [0.29, 0.717) is 0 Å². The van der Waals surface area contributed by atoms with Gasteiger partial charge >= 0.3 is 0 Å². The molecule has 0 aliphatic heterocycles. The van der Waals surface area contributed by atoms with Crippen LogP contribution in [0.4, 0.5) is 5.13 Å².